The largest absolute Gasteiger partial charge is 0.425 e. The molecule has 2 atom stereocenters. The van der Waals surface area contributed by atoms with Crippen LogP contribution >= 0.6 is 0 Å². The topological polar surface area (TPSA) is 63.6 Å². The summed E-state index contributed by atoms with van der Waals surface area (Å²) in [6.07, 6.45) is 2.14. The van der Waals surface area contributed by atoms with Gasteiger partial charge in [-0.25, -0.2) is 4.79 Å². The molecule has 0 saturated heterocycles. The molecule has 0 amide bonds. The predicted molar refractivity (Wildman–Crippen MR) is 70.0 cm³/mol. The fourth-order valence-electron chi connectivity index (χ4n) is 2.32. The minimum absolute atomic E-state index is 0.280. The molecule has 2 unspecified atom stereocenters. The Hall–Kier alpha value is -1.68. The molecule has 4 nitrogen and oxygen atoms in total. The third-order valence-corrected chi connectivity index (χ3v) is 3.39. The molecule has 1 fully saturated rings. The molecule has 1 aromatic carbocycles. The number of aliphatic hydroxyl groups excluding tert-OH is 1. The molecule has 0 radical (unpaired) electrons. The standard InChI is InChI=1S/C15H18O4/c1-10(16)15(18)19-14-7-5-11(6-8-14)12-3-2-4-13(17)9-12/h5-8,10,12,16H,2-4,9H2,1H3. The van der Waals surface area contributed by atoms with Gasteiger partial charge in [0.15, 0.2) is 0 Å². The average molecular weight is 262 g/mol. The number of ether oxygens (including phenoxy) is 1. The monoisotopic (exact) mass is 262 g/mol. The van der Waals surface area contributed by atoms with E-state index in [0.29, 0.717) is 24.4 Å². The number of rotatable bonds is 3. The Balaban J connectivity index is 2.01. The van der Waals surface area contributed by atoms with Crippen LogP contribution in [0.5, 0.6) is 5.75 Å². The van der Waals surface area contributed by atoms with Gasteiger partial charge in [-0.15, -0.1) is 0 Å². The highest BCUT2D eigenvalue weighted by Gasteiger charge is 2.21. The van der Waals surface area contributed by atoms with E-state index in [1.165, 1.54) is 6.92 Å². The van der Waals surface area contributed by atoms with Crippen molar-refractivity contribution in [3.05, 3.63) is 29.8 Å². The Labute approximate surface area is 112 Å². The molecule has 0 aromatic heterocycles. The van der Waals surface area contributed by atoms with Crippen LogP contribution in [-0.4, -0.2) is 23.0 Å². The number of Topliss-reactive ketones (excluding diaryl/α,β-unsaturated/α-hetero) is 1. The highest BCUT2D eigenvalue weighted by Crippen LogP contribution is 2.31. The van der Waals surface area contributed by atoms with Crippen LogP contribution in [0.1, 0.15) is 44.1 Å². The highest BCUT2D eigenvalue weighted by atomic mass is 16.5. The molecule has 19 heavy (non-hydrogen) atoms. The van der Waals surface area contributed by atoms with Gasteiger partial charge in [0.1, 0.15) is 17.6 Å². The molecule has 4 heteroatoms. The van der Waals surface area contributed by atoms with Gasteiger partial charge in [0.05, 0.1) is 0 Å². The maximum absolute atomic E-state index is 11.4. The van der Waals surface area contributed by atoms with Crippen LogP contribution < -0.4 is 4.74 Å². The molecule has 0 aliphatic heterocycles. The van der Waals surface area contributed by atoms with Crippen LogP contribution in [0.2, 0.25) is 0 Å². The molecule has 1 N–H and O–H groups in total. The predicted octanol–water partition coefficient (Wildman–Crippen LogP) is 2.20. The summed E-state index contributed by atoms with van der Waals surface area (Å²) in [5, 5.41) is 9.06. The van der Waals surface area contributed by atoms with E-state index in [-0.39, 0.29) is 5.92 Å². The van der Waals surface area contributed by atoms with E-state index in [0.717, 1.165) is 18.4 Å². The van der Waals surface area contributed by atoms with Crippen molar-refractivity contribution in [2.24, 2.45) is 0 Å². The second-order valence-electron chi connectivity index (χ2n) is 5.00. The number of carbonyl (C=O) groups is 2. The number of benzene rings is 1. The molecule has 1 aliphatic rings. The first-order valence-corrected chi connectivity index (χ1v) is 6.57. The zero-order valence-electron chi connectivity index (χ0n) is 11.0. The molecular weight excluding hydrogens is 244 g/mol. The average Bonchev–Trinajstić information content (AvgIpc) is 2.39. The number of ketones is 1. The lowest BCUT2D eigenvalue weighted by atomic mass is 9.83. The van der Waals surface area contributed by atoms with E-state index in [4.69, 9.17) is 9.84 Å². The lowest BCUT2D eigenvalue weighted by molar-refractivity contribution is -0.142. The van der Waals surface area contributed by atoms with Gasteiger partial charge in [-0.05, 0) is 43.4 Å². The normalized spacial score (nSPS) is 20.9. The second-order valence-corrected chi connectivity index (χ2v) is 5.00. The summed E-state index contributed by atoms with van der Waals surface area (Å²) in [7, 11) is 0. The lowest BCUT2D eigenvalue weighted by Gasteiger charge is -2.21. The van der Waals surface area contributed by atoms with Gasteiger partial charge in [-0.3, -0.25) is 4.79 Å². The second kappa shape index (κ2) is 5.97. The molecular formula is C15H18O4. The zero-order chi connectivity index (χ0) is 13.8. The molecule has 2 rings (SSSR count). The Morgan fingerprint density at radius 2 is 2.05 bits per heavy atom. The fraction of sp³-hybridized carbons (Fsp3) is 0.467. The molecule has 1 aliphatic carbocycles. The summed E-state index contributed by atoms with van der Waals surface area (Å²) in [6, 6.07) is 7.17. The van der Waals surface area contributed by atoms with Gasteiger partial charge < -0.3 is 9.84 Å². The SMILES string of the molecule is CC(O)C(=O)Oc1ccc(C2CCCC(=O)C2)cc1. The molecule has 0 spiro atoms. The Kier molecular flexibility index (Phi) is 4.32. The van der Waals surface area contributed by atoms with E-state index in [2.05, 4.69) is 0 Å². The number of hydrogen-bond donors (Lipinski definition) is 1. The van der Waals surface area contributed by atoms with E-state index in [1.54, 1.807) is 12.1 Å². The molecule has 0 heterocycles. The molecule has 1 saturated carbocycles. The first kappa shape index (κ1) is 13.7. The van der Waals surface area contributed by atoms with Crippen LogP contribution in [0.25, 0.3) is 0 Å². The van der Waals surface area contributed by atoms with Crippen molar-refractivity contribution in [1.29, 1.82) is 0 Å². The van der Waals surface area contributed by atoms with Crippen LogP contribution in [0.15, 0.2) is 24.3 Å². The molecule has 0 bridgehead atoms. The van der Waals surface area contributed by atoms with Gasteiger partial charge >= 0.3 is 5.97 Å². The summed E-state index contributed by atoms with van der Waals surface area (Å²) < 4.78 is 4.98. The number of aliphatic hydroxyl groups is 1. The first-order valence-electron chi connectivity index (χ1n) is 6.57. The van der Waals surface area contributed by atoms with Crippen molar-refractivity contribution in [3.63, 3.8) is 0 Å². The summed E-state index contributed by atoms with van der Waals surface area (Å²) in [5.41, 5.74) is 1.10. The fourth-order valence-corrected chi connectivity index (χ4v) is 2.32. The van der Waals surface area contributed by atoms with Crippen LogP contribution in [0.4, 0.5) is 0 Å². The van der Waals surface area contributed by atoms with Crippen molar-refractivity contribution in [1.82, 2.24) is 0 Å². The Morgan fingerprint density at radius 3 is 2.63 bits per heavy atom. The quantitative estimate of drug-likeness (QED) is 0.670. The summed E-state index contributed by atoms with van der Waals surface area (Å²) in [5.74, 6) is 0.348. The third-order valence-electron chi connectivity index (χ3n) is 3.39. The van der Waals surface area contributed by atoms with Gasteiger partial charge in [0.2, 0.25) is 0 Å². The van der Waals surface area contributed by atoms with Gasteiger partial charge in [0, 0.05) is 12.8 Å². The molecule has 1 aromatic rings. The maximum Gasteiger partial charge on any atom is 0.340 e. The first-order chi connectivity index (χ1) is 9.06. The number of esters is 1. The summed E-state index contributed by atoms with van der Waals surface area (Å²) in [4.78, 5) is 22.7. The lowest BCUT2D eigenvalue weighted by Crippen LogP contribution is -2.22. The minimum atomic E-state index is -1.13. The van der Waals surface area contributed by atoms with Gasteiger partial charge in [-0.2, -0.15) is 0 Å². The molecule has 102 valence electrons. The number of hydrogen-bond acceptors (Lipinski definition) is 4. The smallest absolute Gasteiger partial charge is 0.340 e. The third kappa shape index (κ3) is 3.64. The van der Waals surface area contributed by atoms with Crippen LogP contribution in [0, 0.1) is 0 Å². The maximum atomic E-state index is 11.4. The van der Waals surface area contributed by atoms with Crippen LogP contribution in [0.3, 0.4) is 0 Å². The van der Waals surface area contributed by atoms with Crippen molar-refractivity contribution in [2.45, 2.75) is 44.6 Å². The zero-order valence-corrected chi connectivity index (χ0v) is 11.0. The Bertz CT molecular complexity index is 462. The summed E-state index contributed by atoms with van der Waals surface area (Å²) in [6.45, 7) is 1.37. The Morgan fingerprint density at radius 1 is 1.37 bits per heavy atom. The van der Waals surface area contributed by atoms with Crippen molar-refractivity contribution < 1.29 is 19.4 Å². The van der Waals surface area contributed by atoms with Crippen LogP contribution in [-0.2, 0) is 9.59 Å². The van der Waals surface area contributed by atoms with Gasteiger partial charge in [0.25, 0.3) is 0 Å². The van der Waals surface area contributed by atoms with Gasteiger partial charge in [-0.1, -0.05) is 12.1 Å². The van der Waals surface area contributed by atoms with E-state index >= 15 is 0 Å². The van der Waals surface area contributed by atoms with Crippen molar-refractivity contribution in [3.8, 4) is 5.75 Å². The summed E-state index contributed by atoms with van der Waals surface area (Å²) >= 11 is 0. The van der Waals surface area contributed by atoms with E-state index in [9.17, 15) is 9.59 Å². The highest BCUT2D eigenvalue weighted by molar-refractivity contribution is 5.80. The van der Waals surface area contributed by atoms with Crippen molar-refractivity contribution in [2.75, 3.05) is 0 Å². The van der Waals surface area contributed by atoms with E-state index < -0.39 is 12.1 Å². The number of carbonyl (C=O) groups excluding carboxylic acids is 2. The van der Waals surface area contributed by atoms with Crippen molar-refractivity contribution >= 4 is 11.8 Å². The minimum Gasteiger partial charge on any atom is -0.425 e. The van der Waals surface area contributed by atoms with E-state index in [1.807, 2.05) is 12.1 Å².